The quantitative estimate of drug-likeness (QED) is 0.720. The van der Waals surface area contributed by atoms with Crippen LogP contribution in [0.4, 0.5) is 0 Å². The minimum atomic E-state index is -0.678. The Bertz CT molecular complexity index is 465. The molecule has 110 valence electrons. The SMILES string of the molecule is CCC(=O)C(C)OC(=O)Cc1cccc(OC(C)C)c1. The highest BCUT2D eigenvalue weighted by Gasteiger charge is 2.16. The van der Waals surface area contributed by atoms with Gasteiger partial charge in [0.15, 0.2) is 11.9 Å². The third kappa shape index (κ3) is 5.43. The third-order valence-corrected chi connectivity index (χ3v) is 2.73. The molecule has 0 radical (unpaired) electrons. The first-order valence-electron chi connectivity index (χ1n) is 6.90. The summed E-state index contributed by atoms with van der Waals surface area (Å²) in [5.74, 6) is 0.249. The highest BCUT2D eigenvalue weighted by molar-refractivity contribution is 5.85. The number of ether oxygens (including phenoxy) is 2. The van der Waals surface area contributed by atoms with Crippen LogP contribution in [0.25, 0.3) is 0 Å². The maximum Gasteiger partial charge on any atom is 0.310 e. The van der Waals surface area contributed by atoms with Crippen molar-refractivity contribution in [1.29, 1.82) is 0 Å². The minimum Gasteiger partial charge on any atom is -0.491 e. The van der Waals surface area contributed by atoms with Crippen molar-refractivity contribution in [2.75, 3.05) is 0 Å². The first-order chi connectivity index (χ1) is 9.42. The Kier molecular flexibility index (Phi) is 6.22. The van der Waals surface area contributed by atoms with Crippen LogP contribution in [0.1, 0.15) is 39.7 Å². The second-order valence-electron chi connectivity index (χ2n) is 4.94. The van der Waals surface area contributed by atoms with E-state index >= 15 is 0 Å². The fourth-order valence-corrected chi connectivity index (χ4v) is 1.76. The monoisotopic (exact) mass is 278 g/mol. The number of hydrogen-bond acceptors (Lipinski definition) is 4. The van der Waals surface area contributed by atoms with E-state index in [2.05, 4.69) is 0 Å². The maximum atomic E-state index is 11.8. The molecule has 0 aliphatic rings. The molecule has 0 amide bonds. The van der Waals surface area contributed by atoms with E-state index in [4.69, 9.17) is 9.47 Å². The normalized spacial score (nSPS) is 12.1. The maximum absolute atomic E-state index is 11.8. The molecule has 0 saturated carbocycles. The molecule has 0 bridgehead atoms. The molecule has 4 heteroatoms. The summed E-state index contributed by atoms with van der Waals surface area (Å²) in [6.07, 6.45) is -0.0926. The van der Waals surface area contributed by atoms with Crippen LogP contribution in [0, 0.1) is 0 Å². The third-order valence-electron chi connectivity index (χ3n) is 2.73. The Morgan fingerprint density at radius 1 is 1.20 bits per heavy atom. The van der Waals surface area contributed by atoms with Gasteiger partial charge >= 0.3 is 5.97 Å². The second-order valence-corrected chi connectivity index (χ2v) is 4.94. The van der Waals surface area contributed by atoms with Gasteiger partial charge < -0.3 is 9.47 Å². The molecule has 0 spiro atoms. The van der Waals surface area contributed by atoms with Crippen LogP contribution in [0.2, 0.25) is 0 Å². The predicted octanol–water partition coefficient (Wildman–Crippen LogP) is 2.93. The summed E-state index contributed by atoms with van der Waals surface area (Å²) in [6.45, 7) is 7.24. The Morgan fingerprint density at radius 3 is 2.50 bits per heavy atom. The molecule has 4 nitrogen and oxygen atoms in total. The van der Waals surface area contributed by atoms with E-state index < -0.39 is 12.1 Å². The van der Waals surface area contributed by atoms with Crippen LogP contribution in [0.5, 0.6) is 5.75 Å². The van der Waals surface area contributed by atoms with E-state index in [0.717, 1.165) is 11.3 Å². The molecular weight excluding hydrogens is 256 g/mol. The van der Waals surface area contributed by atoms with Crippen molar-refractivity contribution in [3.8, 4) is 5.75 Å². The van der Waals surface area contributed by atoms with E-state index in [0.29, 0.717) is 6.42 Å². The number of benzene rings is 1. The summed E-state index contributed by atoms with van der Waals surface area (Å²) in [5.41, 5.74) is 0.810. The van der Waals surface area contributed by atoms with E-state index in [-0.39, 0.29) is 18.3 Å². The van der Waals surface area contributed by atoms with Gasteiger partial charge in [0.1, 0.15) is 5.75 Å². The Hall–Kier alpha value is -1.84. The molecule has 1 atom stereocenters. The zero-order valence-corrected chi connectivity index (χ0v) is 12.5. The highest BCUT2D eigenvalue weighted by Crippen LogP contribution is 2.16. The van der Waals surface area contributed by atoms with Crippen molar-refractivity contribution >= 4 is 11.8 Å². The number of ketones is 1. The van der Waals surface area contributed by atoms with Crippen molar-refractivity contribution in [2.24, 2.45) is 0 Å². The number of esters is 1. The van der Waals surface area contributed by atoms with E-state index in [1.807, 2.05) is 38.1 Å². The zero-order valence-electron chi connectivity index (χ0n) is 12.5. The topological polar surface area (TPSA) is 52.6 Å². The first kappa shape index (κ1) is 16.2. The molecule has 0 heterocycles. The van der Waals surface area contributed by atoms with Gasteiger partial charge in [-0.25, -0.2) is 0 Å². The first-order valence-corrected chi connectivity index (χ1v) is 6.90. The zero-order chi connectivity index (χ0) is 15.1. The molecule has 0 N–H and O–H groups in total. The van der Waals surface area contributed by atoms with Gasteiger partial charge in [-0.1, -0.05) is 19.1 Å². The summed E-state index contributed by atoms with van der Waals surface area (Å²) >= 11 is 0. The average molecular weight is 278 g/mol. The predicted molar refractivity (Wildman–Crippen MR) is 76.8 cm³/mol. The summed E-state index contributed by atoms with van der Waals surface area (Å²) in [5, 5.41) is 0. The van der Waals surface area contributed by atoms with Gasteiger partial charge in [0.05, 0.1) is 12.5 Å². The van der Waals surface area contributed by atoms with Gasteiger partial charge in [-0.3, -0.25) is 9.59 Å². The van der Waals surface area contributed by atoms with E-state index in [9.17, 15) is 9.59 Å². The molecule has 0 aliphatic carbocycles. The van der Waals surface area contributed by atoms with Crippen molar-refractivity contribution in [1.82, 2.24) is 0 Å². The molecule has 1 unspecified atom stereocenters. The molecule has 1 aromatic rings. The van der Waals surface area contributed by atoms with Crippen molar-refractivity contribution < 1.29 is 19.1 Å². The van der Waals surface area contributed by atoms with Crippen LogP contribution >= 0.6 is 0 Å². The van der Waals surface area contributed by atoms with Gasteiger partial charge in [-0.2, -0.15) is 0 Å². The number of rotatable bonds is 7. The summed E-state index contributed by atoms with van der Waals surface area (Å²) in [7, 11) is 0. The number of hydrogen-bond donors (Lipinski definition) is 0. The average Bonchev–Trinajstić information content (AvgIpc) is 2.37. The van der Waals surface area contributed by atoms with Crippen LogP contribution < -0.4 is 4.74 Å². The number of carbonyl (C=O) groups excluding carboxylic acids is 2. The minimum absolute atomic E-state index is 0.0739. The molecule has 1 aromatic carbocycles. The highest BCUT2D eigenvalue weighted by atomic mass is 16.5. The van der Waals surface area contributed by atoms with E-state index in [1.54, 1.807) is 13.8 Å². The van der Waals surface area contributed by atoms with Crippen LogP contribution in [-0.4, -0.2) is 24.0 Å². The number of carbonyl (C=O) groups is 2. The van der Waals surface area contributed by atoms with Crippen molar-refractivity contribution in [3.05, 3.63) is 29.8 Å². The van der Waals surface area contributed by atoms with Gasteiger partial charge in [-0.15, -0.1) is 0 Å². The van der Waals surface area contributed by atoms with Gasteiger partial charge in [-0.05, 0) is 38.5 Å². The van der Waals surface area contributed by atoms with Crippen LogP contribution in [0.3, 0.4) is 0 Å². The van der Waals surface area contributed by atoms with Gasteiger partial charge in [0.25, 0.3) is 0 Å². The Morgan fingerprint density at radius 2 is 1.90 bits per heavy atom. The molecule has 0 aliphatic heterocycles. The fourth-order valence-electron chi connectivity index (χ4n) is 1.76. The lowest BCUT2D eigenvalue weighted by Crippen LogP contribution is -2.24. The summed E-state index contributed by atoms with van der Waals surface area (Å²) in [6, 6.07) is 7.33. The van der Waals surface area contributed by atoms with Crippen LogP contribution in [-0.2, 0) is 20.7 Å². The van der Waals surface area contributed by atoms with Crippen LogP contribution in [0.15, 0.2) is 24.3 Å². The number of Topliss-reactive ketones (excluding diaryl/α,β-unsaturated/α-hetero) is 1. The molecule has 20 heavy (non-hydrogen) atoms. The van der Waals surface area contributed by atoms with Crippen molar-refractivity contribution in [2.45, 2.75) is 52.7 Å². The molecule has 1 rings (SSSR count). The van der Waals surface area contributed by atoms with E-state index in [1.165, 1.54) is 0 Å². The largest absolute Gasteiger partial charge is 0.491 e. The van der Waals surface area contributed by atoms with Crippen molar-refractivity contribution in [3.63, 3.8) is 0 Å². The lowest BCUT2D eigenvalue weighted by molar-refractivity contribution is -0.153. The summed E-state index contributed by atoms with van der Waals surface area (Å²) in [4.78, 5) is 23.1. The molecule has 0 aromatic heterocycles. The lowest BCUT2D eigenvalue weighted by Gasteiger charge is -2.12. The molecular formula is C16H22O4. The van der Waals surface area contributed by atoms with Gasteiger partial charge in [0, 0.05) is 6.42 Å². The summed E-state index contributed by atoms with van der Waals surface area (Å²) < 4.78 is 10.7. The standard InChI is InChI=1S/C16H22O4/c1-5-15(17)12(4)20-16(18)10-13-7-6-8-14(9-13)19-11(2)3/h6-9,11-12H,5,10H2,1-4H3. The molecule has 0 fully saturated rings. The lowest BCUT2D eigenvalue weighted by atomic mass is 10.1. The smallest absolute Gasteiger partial charge is 0.310 e. The van der Waals surface area contributed by atoms with Gasteiger partial charge in [0.2, 0.25) is 0 Å². The second kappa shape index (κ2) is 7.68. The fraction of sp³-hybridized carbons (Fsp3) is 0.500. The molecule has 0 saturated heterocycles. The Balaban J connectivity index is 2.59. The Labute approximate surface area is 120 Å².